The van der Waals surface area contributed by atoms with E-state index < -0.39 is 28.6 Å². The molecule has 0 aliphatic carbocycles. The first-order chi connectivity index (χ1) is 12.2. The first-order valence-electron chi connectivity index (χ1n) is 8.76. The van der Waals surface area contributed by atoms with Crippen LogP contribution in [-0.4, -0.2) is 67.6 Å². The minimum atomic E-state index is -1.20. The Balaban J connectivity index is 1.67. The Labute approximate surface area is 150 Å². The number of aliphatic hydroxyl groups is 2. The number of likely N-dealkylation sites (tertiary alicyclic amines) is 1. The highest BCUT2D eigenvalue weighted by Gasteiger charge is 2.52. The van der Waals surface area contributed by atoms with Crippen molar-refractivity contribution in [3.8, 4) is 0 Å². The minimum Gasteiger partial charge on any atom is -0.387 e. The number of H-pyrrole nitrogens is 1. The van der Waals surface area contributed by atoms with Crippen LogP contribution in [0.2, 0.25) is 0 Å². The van der Waals surface area contributed by atoms with Gasteiger partial charge in [0.1, 0.15) is 11.7 Å². The zero-order valence-corrected chi connectivity index (χ0v) is 15.0. The molecule has 26 heavy (non-hydrogen) atoms. The molecule has 1 aromatic rings. The van der Waals surface area contributed by atoms with Crippen molar-refractivity contribution >= 4 is 5.91 Å². The molecule has 0 aromatic carbocycles. The van der Waals surface area contributed by atoms with E-state index in [0.717, 1.165) is 4.57 Å². The molecule has 2 fully saturated rings. The summed E-state index contributed by atoms with van der Waals surface area (Å²) < 4.78 is 6.74. The molecule has 2 aliphatic heterocycles. The number of piperidine rings is 1. The molecule has 0 unspecified atom stereocenters. The van der Waals surface area contributed by atoms with E-state index in [-0.39, 0.29) is 17.9 Å². The fraction of sp³-hybridized carbons (Fsp3) is 0.706. The number of aromatic amines is 1. The first kappa shape index (κ1) is 18.8. The second-order valence-corrected chi connectivity index (χ2v) is 7.46. The van der Waals surface area contributed by atoms with Gasteiger partial charge in [-0.05, 0) is 19.8 Å². The molecule has 3 N–H and O–H groups in total. The van der Waals surface area contributed by atoms with Crippen molar-refractivity contribution in [3.05, 3.63) is 32.6 Å². The van der Waals surface area contributed by atoms with Crippen LogP contribution < -0.4 is 11.2 Å². The summed E-state index contributed by atoms with van der Waals surface area (Å²) in [5, 5.41) is 20.8. The summed E-state index contributed by atoms with van der Waals surface area (Å²) in [5.74, 6) is -0.221. The smallest absolute Gasteiger partial charge is 0.328 e. The lowest BCUT2D eigenvalue weighted by molar-refractivity contribution is -0.245. The number of aliphatic hydroxyl groups excluding tert-OH is 1. The molecule has 2 atom stereocenters. The van der Waals surface area contributed by atoms with E-state index in [9.17, 15) is 24.6 Å². The number of rotatable bonds is 2. The summed E-state index contributed by atoms with van der Waals surface area (Å²) in [5.41, 5.74) is -2.83. The highest BCUT2D eigenvalue weighted by molar-refractivity contribution is 5.78. The van der Waals surface area contributed by atoms with Crippen LogP contribution in [0.5, 0.6) is 0 Å². The maximum atomic E-state index is 12.5. The lowest BCUT2D eigenvalue weighted by atomic mass is 9.75. The molecular weight excluding hydrogens is 342 g/mol. The number of ether oxygens (including phenoxy) is 1. The standard InChI is InChI=1S/C17H25N3O6/c1-16(25)5-8-26-17(14(16)23)3-6-20(7-4-17)12(21)9-11-10-18-15(24)19(2)13(11)22/h10,14,23,25H,3-9H2,1-2H3,(H,18,24)/t14-,16+/m0/s1. The summed E-state index contributed by atoms with van der Waals surface area (Å²) in [4.78, 5) is 40.0. The van der Waals surface area contributed by atoms with Crippen LogP contribution in [0.25, 0.3) is 0 Å². The van der Waals surface area contributed by atoms with Crippen molar-refractivity contribution in [3.63, 3.8) is 0 Å². The van der Waals surface area contributed by atoms with Crippen molar-refractivity contribution in [2.45, 2.75) is 49.9 Å². The number of hydrogen-bond donors (Lipinski definition) is 3. The van der Waals surface area contributed by atoms with Crippen molar-refractivity contribution < 1.29 is 19.7 Å². The topological polar surface area (TPSA) is 125 Å². The Morgan fingerprint density at radius 3 is 2.65 bits per heavy atom. The van der Waals surface area contributed by atoms with Gasteiger partial charge >= 0.3 is 5.69 Å². The predicted molar refractivity (Wildman–Crippen MR) is 91.8 cm³/mol. The van der Waals surface area contributed by atoms with Gasteiger partial charge in [0.15, 0.2) is 0 Å². The van der Waals surface area contributed by atoms with Gasteiger partial charge in [-0.25, -0.2) is 4.79 Å². The van der Waals surface area contributed by atoms with Gasteiger partial charge in [-0.15, -0.1) is 0 Å². The van der Waals surface area contributed by atoms with Gasteiger partial charge in [0, 0.05) is 38.3 Å². The van der Waals surface area contributed by atoms with Crippen molar-refractivity contribution in [1.29, 1.82) is 0 Å². The van der Waals surface area contributed by atoms with E-state index in [2.05, 4.69) is 4.98 Å². The molecule has 3 heterocycles. The Morgan fingerprint density at radius 2 is 2.00 bits per heavy atom. The monoisotopic (exact) mass is 367 g/mol. The maximum absolute atomic E-state index is 12.5. The van der Waals surface area contributed by atoms with Crippen LogP contribution in [0.1, 0.15) is 31.7 Å². The molecule has 0 bridgehead atoms. The summed E-state index contributed by atoms with van der Waals surface area (Å²) in [6, 6.07) is 0. The minimum absolute atomic E-state index is 0.0996. The molecule has 2 aliphatic rings. The summed E-state index contributed by atoms with van der Waals surface area (Å²) in [6.45, 7) is 2.71. The molecule has 1 aromatic heterocycles. The van der Waals surface area contributed by atoms with E-state index in [4.69, 9.17) is 4.74 Å². The van der Waals surface area contributed by atoms with E-state index >= 15 is 0 Å². The van der Waals surface area contributed by atoms with E-state index in [1.165, 1.54) is 13.2 Å². The van der Waals surface area contributed by atoms with Crippen LogP contribution in [0.4, 0.5) is 0 Å². The highest BCUT2D eigenvalue weighted by atomic mass is 16.5. The SMILES string of the molecule is Cn1c(=O)[nH]cc(CC(=O)N2CCC3(CC2)OCC[C@@](C)(O)[C@@H]3O)c1=O. The molecule has 1 amide bonds. The Kier molecular flexibility index (Phi) is 4.80. The molecule has 0 radical (unpaired) electrons. The predicted octanol–water partition coefficient (Wildman–Crippen LogP) is -1.49. The average molecular weight is 367 g/mol. The number of amides is 1. The number of hydrogen-bond acceptors (Lipinski definition) is 6. The molecule has 0 saturated carbocycles. The quantitative estimate of drug-likeness (QED) is 0.585. The highest BCUT2D eigenvalue weighted by Crippen LogP contribution is 2.39. The second kappa shape index (κ2) is 6.64. The number of aromatic nitrogens is 2. The number of carbonyl (C=O) groups excluding carboxylic acids is 1. The summed E-state index contributed by atoms with van der Waals surface area (Å²) in [7, 11) is 1.35. The molecule has 2 saturated heterocycles. The molecule has 3 rings (SSSR count). The molecular formula is C17H25N3O6. The van der Waals surface area contributed by atoms with Gasteiger partial charge in [0.2, 0.25) is 5.91 Å². The Bertz CT molecular complexity index is 803. The van der Waals surface area contributed by atoms with Crippen LogP contribution in [0.15, 0.2) is 15.8 Å². The van der Waals surface area contributed by atoms with Gasteiger partial charge < -0.3 is 24.8 Å². The lowest BCUT2D eigenvalue weighted by Gasteiger charge is -2.51. The first-order valence-corrected chi connectivity index (χ1v) is 8.76. The average Bonchev–Trinajstić information content (AvgIpc) is 2.61. The van der Waals surface area contributed by atoms with Crippen molar-refractivity contribution in [2.75, 3.05) is 19.7 Å². The van der Waals surface area contributed by atoms with Gasteiger partial charge in [-0.2, -0.15) is 0 Å². The number of nitrogens with one attached hydrogen (secondary N) is 1. The van der Waals surface area contributed by atoms with E-state index in [1.807, 2.05) is 0 Å². The second-order valence-electron chi connectivity index (χ2n) is 7.46. The Hall–Kier alpha value is -1.97. The Morgan fingerprint density at radius 1 is 1.35 bits per heavy atom. The maximum Gasteiger partial charge on any atom is 0.328 e. The van der Waals surface area contributed by atoms with Gasteiger partial charge in [0.05, 0.1) is 18.6 Å². The third-order valence-electron chi connectivity index (χ3n) is 5.64. The fourth-order valence-corrected chi connectivity index (χ4v) is 3.81. The molecule has 9 nitrogen and oxygen atoms in total. The fourth-order valence-electron chi connectivity index (χ4n) is 3.81. The van der Waals surface area contributed by atoms with E-state index in [0.29, 0.717) is 39.0 Å². The van der Waals surface area contributed by atoms with Gasteiger partial charge in [-0.1, -0.05) is 0 Å². The van der Waals surface area contributed by atoms with Crippen LogP contribution >= 0.6 is 0 Å². The zero-order chi connectivity index (χ0) is 19.1. The van der Waals surface area contributed by atoms with Crippen LogP contribution in [0.3, 0.4) is 0 Å². The van der Waals surface area contributed by atoms with Crippen LogP contribution in [0, 0.1) is 0 Å². The summed E-state index contributed by atoms with van der Waals surface area (Å²) in [6.07, 6.45) is 1.37. The molecule has 9 heteroatoms. The largest absolute Gasteiger partial charge is 0.387 e. The molecule has 1 spiro atoms. The number of nitrogens with zero attached hydrogens (tertiary/aromatic N) is 2. The van der Waals surface area contributed by atoms with Gasteiger partial charge in [-0.3, -0.25) is 14.2 Å². The summed E-state index contributed by atoms with van der Waals surface area (Å²) >= 11 is 0. The lowest BCUT2D eigenvalue weighted by Crippen LogP contribution is -2.64. The zero-order valence-electron chi connectivity index (χ0n) is 15.0. The third-order valence-corrected chi connectivity index (χ3v) is 5.64. The number of carbonyl (C=O) groups is 1. The van der Waals surface area contributed by atoms with Crippen molar-refractivity contribution in [1.82, 2.24) is 14.5 Å². The van der Waals surface area contributed by atoms with Gasteiger partial charge in [0.25, 0.3) is 5.56 Å². The van der Waals surface area contributed by atoms with Crippen molar-refractivity contribution in [2.24, 2.45) is 7.05 Å². The van der Waals surface area contributed by atoms with E-state index in [1.54, 1.807) is 11.8 Å². The third kappa shape index (κ3) is 3.22. The van der Waals surface area contributed by atoms with Crippen LogP contribution in [-0.2, 0) is 23.0 Å². The molecule has 144 valence electrons. The normalized spacial score (nSPS) is 28.3.